The predicted molar refractivity (Wildman–Crippen MR) is 57.7 cm³/mol. The van der Waals surface area contributed by atoms with Gasteiger partial charge in [0.15, 0.2) is 0 Å². The quantitative estimate of drug-likeness (QED) is 0.332. The van der Waals surface area contributed by atoms with Crippen molar-refractivity contribution < 1.29 is 9.53 Å². The maximum absolute atomic E-state index is 11.0. The Morgan fingerprint density at radius 3 is 3.00 bits per heavy atom. The lowest BCUT2D eigenvalue weighted by atomic mass is 10.2. The zero-order valence-electron chi connectivity index (χ0n) is 8.43. The fourth-order valence-corrected chi connectivity index (χ4v) is 0.944. The highest BCUT2D eigenvalue weighted by molar-refractivity contribution is 5.86. The van der Waals surface area contributed by atoms with E-state index in [4.69, 9.17) is 10.6 Å². The molecule has 0 aliphatic rings. The smallest absolute Gasteiger partial charge is 0.330 e. The number of nitrogen functional groups attached to an aromatic ring is 1. The van der Waals surface area contributed by atoms with Crippen molar-refractivity contribution in [2.75, 3.05) is 12.0 Å². The summed E-state index contributed by atoms with van der Waals surface area (Å²) in [5, 5.41) is 0. The van der Waals surface area contributed by atoms with E-state index in [0.717, 1.165) is 5.56 Å². The summed E-state index contributed by atoms with van der Waals surface area (Å²) in [5.74, 6) is 5.37. The molecule has 0 spiro atoms. The van der Waals surface area contributed by atoms with E-state index in [-0.39, 0.29) is 5.97 Å². The normalized spacial score (nSPS) is 10.3. The average Bonchev–Trinajstić information content (AvgIpc) is 2.27. The monoisotopic (exact) mass is 207 g/mol. The minimum Gasteiger partial charge on any atom is -0.463 e. The van der Waals surface area contributed by atoms with Crippen LogP contribution in [0, 0.1) is 0 Å². The van der Waals surface area contributed by atoms with Crippen LogP contribution in [-0.4, -0.2) is 17.6 Å². The Kier molecular flexibility index (Phi) is 4.30. The van der Waals surface area contributed by atoms with Crippen LogP contribution >= 0.6 is 0 Å². The van der Waals surface area contributed by atoms with E-state index in [0.29, 0.717) is 12.4 Å². The first-order valence-corrected chi connectivity index (χ1v) is 4.53. The molecule has 0 saturated heterocycles. The van der Waals surface area contributed by atoms with Gasteiger partial charge in [0.1, 0.15) is 5.82 Å². The first-order chi connectivity index (χ1) is 7.26. The summed E-state index contributed by atoms with van der Waals surface area (Å²) in [7, 11) is 0. The number of nitrogens with zero attached hydrogens (tertiary/aromatic N) is 1. The number of pyridine rings is 1. The van der Waals surface area contributed by atoms with Crippen LogP contribution in [0.1, 0.15) is 12.5 Å². The zero-order valence-corrected chi connectivity index (χ0v) is 8.43. The van der Waals surface area contributed by atoms with Gasteiger partial charge in [0.05, 0.1) is 6.61 Å². The standard InChI is InChI=1S/C10H13N3O2/c1-2-15-10(14)6-4-8-3-5-9(13-11)12-7-8/h3-7H,2,11H2,1H3,(H,12,13). The van der Waals surface area contributed by atoms with E-state index in [1.807, 2.05) is 0 Å². The van der Waals surface area contributed by atoms with Crippen molar-refractivity contribution in [3.05, 3.63) is 30.0 Å². The summed E-state index contributed by atoms with van der Waals surface area (Å²) < 4.78 is 4.73. The van der Waals surface area contributed by atoms with Crippen LogP contribution in [-0.2, 0) is 9.53 Å². The number of esters is 1. The van der Waals surface area contributed by atoms with E-state index in [2.05, 4.69) is 10.4 Å². The molecule has 0 amide bonds. The number of nitrogens with one attached hydrogen (secondary N) is 1. The SMILES string of the molecule is CCOC(=O)C=Cc1ccc(NN)nc1. The van der Waals surface area contributed by atoms with Crippen molar-refractivity contribution >= 4 is 17.9 Å². The van der Waals surface area contributed by atoms with Crippen molar-refractivity contribution in [3.63, 3.8) is 0 Å². The maximum atomic E-state index is 11.0. The van der Waals surface area contributed by atoms with Crippen molar-refractivity contribution in [2.45, 2.75) is 6.92 Å². The Morgan fingerprint density at radius 2 is 2.47 bits per heavy atom. The molecule has 1 aromatic rings. The Hall–Kier alpha value is -1.88. The van der Waals surface area contributed by atoms with Gasteiger partial charge in [0, 0.05) is 12.3 Å². The lowest BCUT2D eigenvalue weighted by Gasteiger charge is -1.98. The summed E-state index contributed by atoms with van der Waals surface area (Å²) in [6, 6.07) is 3.50. The highest BCUT2D eigenvalue weighted by Gasteiger charge is 1.94. The molecule has 5 heteroatoms. The minimum atomic E-state index is -0.362. The van der Waals surface area contributed by atoms with E-state index in [1.54, 1.807) is 31.3 Å². The first kappa shape index (κ1) is 11.2. The zero-order chi connectivity index (χ0) is 11.1. The lowest BCUT2D eigenvalue weighted by molar-refractivity contribution is -0.137. The molecular formula is C10H13N3O2. The number of carbonyl (C=O) groups excluding carboxylic acids is 1. The number of hydrogen-bond acceptors (Lipinski definition) is 5. The van der Waals surface area contributed by atoms with Gasteiger partial charge in [-0.3, -0.25) is 0 Å². The van der Waals surface area contributed by atoms with Gasteiger partial charge in [-0.15, -0.1) is 0 Å². The van der Waals surface area contributed by atoms with Crippen LogP contribution < -0.4 is 11.3 Å². The van der Waals surface area contributed by atoms with Gasteiger partial charge in [-0.05, 0) is 30.7 Å². The van der Waals surface area contributed by atoms with Gasteiger partial charge in [0.25, 0.3) is 0 Å². The number of nitrogens with two attached hydrogens (primary N) is 1. The van der Waals surface area contributed by atoms with Gasteiger partial charge in [0.2, 0.25) is 0 Å². The van der Waals surface area contributed by atoms with Crippen molar-refractivity contribution in [1.29, 1.82) is 0 Å². The number of ether oxygens (including phenoxy) is 1. The van der Waals surface area contributed by atoms with Crippen LogP contribution in [0.2, 0.25) is 0 Å². The molecule has 5 nitrogen and oxygen atoms in total. The largest absolute Gasteiger partial charge is 0.463 e. The number of rotatable bonds is 4. The molecule has 0 bridgehead atoms. The molecule has 0 aliphatic heterocycles. The predicted octanol–water partition coefficient (Wildman–Crippen LogP) is 0.944. The molecule has 3 N–H and O–H groups in total. The number of anilines is 1. The molecule has 1 heterocycles. The summed E-state index contributed by atoms with van der Waals surface area (Å²) >= 11 is 0. The second-order valence-electron chi connectivity index (χ2n) is 2.71. The van der Waals surface area contributed by atoms with E-state index < -0.39 is 0 Å². The molecule has 1 aromatic heterocycles. The molecule has 15 heavy (non-hydrogen) atoms. The fraction of sp³-hybridized carbons (Fsp3) is 0.200. The van der Waals surface area contributed by atoms with Crippen LogP contribution in [0.4, 0.5) is 5.82 Å². The summed E-state index contributed by atoms with van der Waals surface area (Å²) in [6.45, 7) is 2.13. The molecule has 0 unspecified atom stereocenters. The van der Waals surface area contributed by atoms with Crippen molar-refractivity contribution in [2.24, 2.45) is 5.84 Å². The number of hydrogen-bond donors (Lipinski definition) is 2. The summed E-state index contributed by atoms with van der Waals surface area (Å²) in [6.07, 6.45) is 4.59. The highest BCUT2D eigenvalue weighted by atomic mass is 16.5. The van der Waals surface area contributed by atoms with Gasteiger partial charge < -0.3 is 10.2 Å². The lowest BCUT2D eigenvalue weighted by Crippen LogP contribution is -2.07. The van der Waals surface area contributed by atoms with Crippen LogP contribution in [0.3, 0.4) is 0 Å². The Balaban J connectivity index is 2.60. The molecule has 1 rings (SSSR count). The van der Waals surface area contributed by atoms with E-state index in [9.17, 15) is 4.79 Å². The molecular weight excluding hydrogens is 194 g/mol. The minimum absolute atomic E-state index is 0.362. The van der Waals surface area contributed by atoms with Crippen LogP contribution in [0.15, 0.2) is 24.4 Å². The van der Waals surface area contributed by atoms with Crippen LogP contribution in [0.25, 0.3) is 6.08 Å². The Labute approximate surface area is 87.9 Å². The number of hydrazine groups is 1. The summed E-state index contributed by atoms with van der Waals surface area (Å²) in [4.78, 5) is 15.0. The average molecular weight is 207 g/mol. The molecule has 0 atom stereocenters. The van der Waals surface area contributed by atoms with Gasteiger partial charge in [-0.1, -0.05) is 0 Å². The molecule has 0 saturated carbocycles. The Bertz CT molecular complexity index is 346. The van der Waals surface area contributed by atoms with Crippen LogP contribution in [0.5, 0.6) is 0 Å². The third-order valence-electron chi connectivity index (χ3n) is 1.63. The van der Waals surface area contributed by atoms with Gasteiger partial charge >= 0.3 is 5.97 Å². The van der Waals surface area contributed by atoms with E-state index in [1.165, 1.54) is 6.08 Å². The summed E-state index contributed by atoms with van der Waals surface area (Å²) in [5.41, 5.74) is 3.22. The fourth-order valence-electron chi connectivity index (χ4n) is 0.944. The molecule has 0 radical (unpaired) electrons. The van der Waals surface area contributed by atoms with Gasteiger partial charge in [-0.25, -0.2) is 15.6 Å². The van der Waals surface area contributed by atoms with Crippen molar-refractivity contribution in [1.82, 2.24) is 4.98 Å². The third kappa shape index (κ3) is 3.78. The Morgan fingerprint density at radius 1 is 1.67 bits per heavy atom. The molecule has 80 valence electrons. The third-order valence-corrected chi connectivity index (χ3v) is 1.63. The highest BCUT2D eigenvalue weighted by Crippen LogP contribution is 2.05. The molecule has 0 aromatic carbocycles. The second kappa shape index (κ2) is 5.77. The van der Waals surface area contributed by atoms with Gasteiger partial charge in [-0.2, -0.15) is 0 Å². The first-order valence-electron chi connectivity index (χ1n) is 4.53. The second-order valence-corrected chi connectivity index (χ2v) is 2.71. The topological polar surface area (TPSA) is 77.2 Å². The molecule has 0 fully saturated rings. The van der Waals surface area contributed by atoms with E-state index >= 15 is 0 Å². The maximum Gasteiger partial charge on any atom is 0.330 e. The number of aromatic nitrogens is 1. The molecule has 0 aliphatic carbocycles. The number of carbonyl (C=O) groups is 1. The van der Waals surface area contributed by atoms with Crippen molar-refractivity contribution in [3.8, 4) is 0 Å².